The van der Waals surface area contributed by atoms with E-state index in [9.17, 15) is 4.39 Å². The molecule has 2 aromatic carbocycles. The van der Waals surface area contributed by atoms with Gasteiger partial charge >= 0.3 is 0 Å². The van der Waals surface area contributed by atoms with Crippen molar-refractivity contribution >= 4 is 0 Å². The van der Waals surface area contributed by atoms with E-state index in [0.717, 1.165) is 22.4 Å². The van der Waals surface area contributed by atoms with Crippen molar-refractivity contribution in [2.24, 2.45) is 0 Å². The van der Waals surface area contributed by atoms with Crippen LogP contribution < -0.4 is 4.74 Å². The highest BCUT2D eigenvalue weighted by Crippen LogP contribution is 2.23. The Morgan fingerprint density at radius 1 is 1.00 bits per heavy atom. The molecule has 0 aliphatic heterocycles. The Hall–Kier alpha value is -1.83. The van der Waals surface area contributed by atoms with Crippen LogP contribution in [-0.2, 0) is 6.61 Å². The van der Waals surface area contributed by atoms with Gasteiger partial charge in [0.05, 0.1) is 0 Å². The summed E-state index contributed by atoms with van der Waals surface area (Å²) in [5.41, 5.74) is 3.04. The van der Waals surface area contributed by atoms with Gasteiger partial charge in [0, 0.05) is 0 Å². The number of ether oxygens (including phenoxy) is 1. The van der Waals surface area contributed by atoms with Crippen molar-refractivity contribution in [1.29, 1.82) is 0 Å². The van der Waals surface area contributed by atoms with Crippen LogP contribution in [0.5, 0.6) is 5.75 Å². The van der Waals surface area contributed by atoms with E-state index in [1.165, 1.54) is 12.1 Å². The van der Waals surface area contributed by atoms with E-state index in [0.29, 0.717) is 6.61 Å². The number of aryl methyl sites for hydroxylation is 2. The summed E-state index contributed by atoms with van der Waals surface area (Å²) in [5, 5.41) is 0. The lowest BCUT2D eigenvalue weighted by Crippen LogP contribution is -1.99. The smallest absolute Gasteiger partial charge is 0.125 e. The van der Waals surface area contributed by atoms with Gasteiger partial charge in [-0.3, -0.25) is 0 Å². The Morgan fingerprint density at radius 3 is 2.29 bits per heavy atom. The summed E-state index contributed by atoms with van der Waals surface area (Å²) in [6, 6.07) is 12.5. The van der Waals surface area contributed by atoms with E-state index >= 15 is 0 Å². The third-order valence-electron chi connectivity index (χ3n) is 2.68. The standard InChI is InChI=1S/C15H15FO/c1-11-5-3-6-12(2)15(11)17-10-13-7-4-8-14(16)9-13/h3-9H,10H2,1-2H3. The van der Waals surface area contributed by atoms with Crippen LogP contribution in [0.25, 0.3) is 0 Å². The van der Waals surface area contributed by atoms with Gasteiger partial charge in [-0.05, 0) is 42.7 Å². The predicted octanol–water partition coefficient (Wildman–Crippen LogP) is 4.02. The molecule has 2 aromatic rings. The van der Waals surface area contributed by atoms with Gasteiger partial charge in [0.15, 0.2) is 0 Å². The molecular weight excluding hydrogens is 215 g/mol. The Kier molecular flexibility index (Phi) is 3.43. The molecule has 0 aliphatic carbocycles. The molecular formula is C15H15FO. The fourth-order valence-electron chi connectivity index (χ4n) is 1.81. The van der Waals surface area contributed by atoms with Crippen molar-refractivity contribution in [3.63, 3.8) is 0 Å². The molecule has 2 rings (SSSR count). The van der Waals surface area contributed by atoms with Crippen molar-refractivity contribution in [3.05, 3.63) is 65.0 Å². The summed E-state index contributed by atoms with van der Waals surface area (Å²) in [7, 11) is 0. The fourth-order valence-corrected chi connectivity index (χ4v) is 1.81. The normalized spacial score (nSPS) is 10.3. The lowest BCUT2D eigenvalue weighted by molar-refractivity contribution is 0.301. The van der Waals surface area contributed by atoms with E-state index in [4.69, 9.17) is 4.74 Å². The van der Waals surface area contributed by atoms with Crippen LogP contribution in [0.1, 0.15) is 16.7 Å². The first-order valence-electron chi connectivity index (χ1n) is 5.60. The lowest BCUT2D eigenvalue weighted by atomic mass is 10.1. The minimum Gasteiger partial charge on any atom is -0.488 e. The molecule has 0 heterocycles. The molecule has 0 amide bonds. The van der Waals surface area contributed by atoms with Crippen molar-refractivity contribution in [1.82, 2.24) is 0 Å². The molecule has 17 heavy (non-hydrogen) atoms. The molecule has 2 heteroatoms. The van der Waals surface area contributed by atoms with Crippen molar-refractivity contribution in [2.75, 3.05) is 0 Å². The zero-order valence-corrected chi connectivity index (χ0v) is 10.0. The summed E-state index contributed by atoms with van der Waals surface area (Å²) >= 11 is 0. The van der Waals surface area contributed by atoms with Gasteiger partial charge in [-0.25, -0.2) is 4.39 Å². The minimum atomic E-state index is -0.229. The Bertz CT molecular complexity index is 500. The quantitative estimate of drug-likeness (QED) is 0.773. The number of rotatable bonds is 3. The van der Waals surface area contributed by atoms with Gasteiger partial charge in [0.25, 0.3) is 0 Å². The summed E-state index contributed by atoms with van der Waals surface area (Å²) in [4.78, 5) is 0. The van der Waals surface area contributed by atoms with Gasteiger partial charge < -0.3 is 4.74 Å². The molecule has 0 aliphatic rings. The first kappa shape index (κ1) is 11.6. The van der Waals surface area contributed by atoms with Crippen LogP contribution in [0.15, 0.2) is 42.5 Å². The molecule has 0 fully saturated rings. The molecule has 0 unspecified atom stereocenters. The fraction of sp³-hybridized carbons (Fsp3) is 0.200. The van der Waals surface area contributed by atoms with E-state index in [1.54, 1.807) is 6.07 Å². The van der Waals surface area contributed by atoms with E-state index in [-0.39, 0.29) is 5.82 Å². The second kappa shape index (κ2) is 5.00. The van der Waals surface area contributed by atoms with Crippen LogP contribution in [0.2, 0.25) is 0 Å². The molecule has 0 saturated carbocycles. The Balaban J connectivity index is 2.13. The molecule has 1 nitrogen and oxygen atoms in total. The van der Waals surface area contributed by atoms with Gasteiger partial charge in [-0.2, -0.15) is 0 Å². The molecule has 0 bridgehead atoms. The SMILES string of the molecule is Cc1cccc(C)c1OCc1cccc(F)c1. The Morgan fingerprint density at radius 2 is 1.65 bits per heavy atom. The average Bonchev–Trinajstić information content (AvgIpc) is 2.28. The van der Waals surface area contributed by atoms with Crippen LogP contribution in [0.4, 0.5) is 4.39 Å². The van der Waals surface area contributed by atoms with Crippen LogP contribution in [0.3, 0.4) is 0 Å². The van der Waals surface area contributed by atoms with Gasteiger partial charge in [-0.15, -0.1) is 0 Å². The second-order valence-electron chi connectivity index (χ2n) is 4.14. The van der Waals surface area contributed by atoms with E-state index in [2.05, 4.69) is 0 Å². The maximum atomic E-state index is 13.0. The van der Waals surface area contributed by atoms with Gasteiger partial charge in [0.2, 0.25) is 0 Å². The average molecular weight is 230 g/mol. The maximum absolute atomic E-state index is 13.0. The molecule has 0 aromatic heterocycles. The van der Waals surface area contributed by atoms with Crippen LogP contribution >= 0.6 is 0 Å². The highest BCUT2D eigenvalue weighted by molar-refractivity contribution is 5.39. The monoisotopic (exact) mass is 230 g/mol. The van der Waals surface area contributed by atoms with Crippen LogP contribution in [-0.4, -0.2) is 0 Å². The number of hydrogen-bond donors (Lipinski definition) is 0. The lowest BCUT2D eigenvalue weighted by Gasteiger charge is -2.11. The topological polar surface area (TPSA) is 9.23 Å². The first-order chi connectivity index (χ1) is 8.16. The van der Waals surface area contributed by atoms with E-state index < -0.39 is 0 Å². The third-order valence-corrected chi connectivity index (χ3v) is 2.68. The summed E-state index contributed by atoms with van der Waals surface area (Å²) in [5.74, 6) is 0.657. The molecule has 0 atom stereocenters. The summed E-state index contributed by atoms with van der Waals surface area (Å²) in [6.45, 7) is 4.41. The zero-order valence-electron chi connectivity index (χ0n) is 10.0. The number of para-hydroxylation sites is 1. The number of hydrogen-bond acceptors (Lipinski definition) is 1. The van der Waals surface area contributed by atoms with Crippen molar-refractivity contribution in [3.8, 4) is 5.75 Å². The zero-order chi connectivity index (χ0) is 12.3. The van der Waals surface area contributed by atoms with Crippen molar-refractivity contribution in [2.45, 2.75) is 20.5 Å². The highest BCUT2D eigenvalue weighted by atomic mass is 19.1. The molecule has 0 saturated heterocycles. The van der Waals surface area contributed by atoms with Crippen molar-refractivity contribution < 1.29 is 9.13 Å². The predicted molar refractivity (Wildman–Crippen MR) is 66.6 cm³/mol. The minimum absolute atomic E-state index is 0.229. The van der Waals surface area contributed by atoms with Gasteiger partial charge in [0.1, 0.15) is 18.2 Å². The molecule has 0 radical (unpaired) electrons. The highest BCUT2D eigenvalue weighted by Gasteiger charge is 2.03. The third kappa shape index (κ3) is 2.84. The Labute approximate surface area is 101 Å². The van der Waals surface area contributed by atoms with Gasteiger partial charge in [-0.1, -0.05) is 30.3 Å². The largest absolute Gasteiger partial charge is 0.488 e. The molecule has 0 N–H and O–H groups in total. The first-order valence-corrected chi connectivity index (χ1v) is 5.60. The molecule has 88 valence electrons. The maximum Gasteiger partial charge on any atom is 0.125 e. The second-order valence-corrected chi connectivity index (χ2v) is 4.14. The van der Waals surface area contributed by atoms with E-state index in [1.807, 2.05) is 38.1 Å². The number of benzene rings is 2. The summed E-state index contributed by atoms with van der Waals surface area (Å²) in [6.07, 6.45) is 0. The molecule has 0 spiro atoms. The number of halogens is 1. The van der Waals surface area contributed by atoms with Crippen LogP contribution in [0, 0.1) is 19.7 Å². The summed E-state index contributed by atoms with van der Waals surface area (Å²) < 4.78 is 18.7.